The van der Waals surface area contributed by atoms with Crippen LogP contribution in [0.2, 0.25) is 0 Å². The number of hydrogen-bond donors (Lipinski definition) is 0. The molecule has 45 heavy (non-hydrogen) atoms. The highest BCUT2D eigenvalue weighted by Gasteiger charge is 2.20. The zero-order valence-corrected chi connectivity index (χ0v) is 24.3. The Kier molecular flexibility index (Phi) is 5.00. The zero-order chi connectivity index (χ0) is 29.5. The van der Waals surface area contributed by atoms with Crippen molar-refractivity contribution in [3.8, 4) is 22.5 Å². The Balaban J connectivity index is 1.23. The van der Waals surface area contributed by atoms with Gasteiger partial charge in [0, 0.05) is 32.6 Å². The first kappa shape index (κ1) is 24.4. The van der Waals surface area contributed by atoms with Crippen LogP contribution in [0.25, 0.3) is 88.1 Å². The van der Waals surface area contributed by atoms with E-state index in [1.807, 2.05) is 6.07 Å². The summed E-state index contributed by atoms with van der Waals surface area (Å²) in [7, 11) is 0. The summed E-state index contributed by atoms with van der Waals surface area (Å²) in [6.07, 6.45) is 0. The zero-order valence-electron chi connectivity index (χ0n) is 24.3. The maximum Gasteiger partial charge on any atom is 0.213 e. The molecular weight excluding hydrogens is 548 g/mol. The molecule has 0 amide bonds. The molecule has 10 aromatic rings. The summed E-state index contributed by atoms with van der Waals surface area (Å²) in [4.78, 5) is 0. The molecule has 0 fully saturated rings. The van der Waals surface area contributed by atoms with Crippen LogP contribution in [0, 0.1) is 0 Å². The van der Waals surface area contributed by atoms with Crippen LogP contribution >= 0.6 is 0 Å². The first-order valence-corrected chi connectivity index (χ1v) is 15.4. The molecule has 0 aliphatic rings. The van der Waals surface area contributed by atoms with Crippen molar-refractivity contribution in [2.45, 2.75) is 0 Å². The number of furan rings is 1. The molecule has 3 heteroatoms. The number of rotatable bonds is 3. The highest BCUT2D eigenvalue weighted by atomic mass is 16.3. The van der Waals surface area contributed by atoms with E-state index in [0.717, 1.165) is 33.3 Å². The molecule has 210 valence electrons. The molecule has 0 radical (unpaired) electrons. The summed E-state index contributed by atoms with van der Waals surface area (Å²) in [6.45, 7) is 0. The molecule has 3 aromatic heterocycles. The van der Waals surface area contributed by atoms with Gasteiger partial charge in [0.1, 0.15) is 5.58 Å². The van der Waals surface area contributed by atoms with Gasteiger partial charge in [-0.2, -0.15) is 0 Å². The van der Waals surface area contributed by atoms with Crippen LogP contribution in [0.3, 0.4) is 0 Å². The van der Waals surface area contributed by atoms with E-state index in [-0.39, 0.29) is 0 Å². The molecule has 0 N–H and O–H groups in total. The first-order valence-electron chi connectivity index (χ1n) is 15.4. The molecule has 0 bridgehead atoms. The first-order chi connectivity index (χ1) is 22.3. The molecule has 0 atom stereocenters. The third-order valence-electron chi connectivity index (χ3n) is 9.33. The largest absolute Gasteiger partial charge is 0.439 e. The van der Waals surface area contributed by atoms with Gasteiger partial charge in [0.25, 0.3) is 0 Å². The minimum Gasteiger partial charge on any atom is -0.439 e. The second-order valence-electron chi connectivity index (χ2n) is 11.7. The molecular formula is C42H26N2O. The van der Waals surface area contributed by atoms with Gasteiger partial charge in [-0.05, 0) is 65.0 Å². The van der Waals surface area contributed by atoms with Crippen LogP contribution in [0.5, 0.6) is 0 Å². The average Bonchev–Trinajstić information content (AvgIpc) is 3.75. The fourth-order valence-electron chi connectivity index (χ4n) is 7.40. The summed E-state index contributed by atoms with van der Waals surface area (Å²) < 4.78 is 11.3. The third-order valence-corrected chi connectivity index (χ3v) is 9.33. The Morgan fingerprint density at radius 2 is 0.978 bits per heavy atom. The Morgan fingerprint density at radius 3 is 1.69 bits per heavy atom. The van der Waals surface area contributed by atoms with Crippen molar-refractivity contribution < 1.29 is 4.42 Å². The van der Waals surface area contributed by atoms with Crippen molar-refractivity contribution in [2.75, 3.05) is 0 Å². The van der Waals surface area contributed by atoms with Gasteiger partial charge in [-0.1, -0.05) is 109 Å². The summed E-state index contributed by atoms with van der Waals surface area (Å²) in [5.74, 6) is 0. The van der Waals surface area contributed by atoms with Gasteiger partial charge in [0.15, 0.2) is 0 Å². The predicted molar refractivity (Wildman–Crippen MR) is 188 cm³/mol. The summed E-state index contributed by atoms with van der Waals surface area (Å²) in [5.41, 5.74) is 10.0. The predicted octanol–water partition coefficient (Wildman–Crippen LogP) is 11.4. The van der Waals surface area contributed by atoms with Gasteiger partial charge in [-0.15, -0.1) is 0 Å². The van der Waals surface area contributed by atoms with E-state index in [9.17, 15) is 0 Å². The van der Waals surface area contributed by atoms with Crippen molar-refractivity contribution in [1.82, 2.24) is 9.13 Å². The van der Waals surface area contributed by atoms with Crippen LogP contribution in [0.1, 0.15) is 0 Å². The van der Waals surface area contributed by atoms with Crippen molar-refractivity contribution in [3.63, 3.8) is 0 Å². The van der Waals surface area contributed by atoms with Crippen molar-refractivity contribution >= 4 is 65.6 Å². The summed E-state index contributed by atoms with van der Waals surface area (Å²) >= 11 is 0. The number of para-hydroxylation sites is 4. The van der Waals surface area contributed by atoms with Gasteiger partial charge < -0.3 is 8.98 Å². The van der Waals surface area contributed by atoms with Crippen LogP contribution in [0.15, 0.2) is 162 Å². The van der Waals surface area contributed by atoms with E-state index in [4.69, 9.17) is 4.42 Å². The number of benzene rings is 7. The highest BCUT2D eigenvalue weighted by molar-refractivity contribution is 6.21. The molecule has 10 rings (SSSR count). The van der Waals surface area contributed by atoms with Gasteiger partial charge in [0.2, 0.25) is 5.71 Å². The van der Waals surface area contributed by atoms with Gasteiger partial charge in [-0.25, -0.2) is 0 Å². The molecule has 0 saturated heterocycles. The lowest BCUT2D eigenvalue weighted by molar-refractivity contribution is 0.645. The van der Waals surface area contributed by atoms with E-state index in [1.54, 1.807) is 0 Å². The highest BCUT2D eigenvalue weighted by Crippen LogP contribution is 2.42. The van der Waals surface area contributed by atoms with E-state index >= 15 is 0 Å². The fraction of sp³-hybridized carbons (Fsp3) is 0. The lowest BCUT2D eigenvalue weighted by Crippen LogP contribution is -1.96. The van der Waals surface area contributed by atoms with Crippen molar-refractivity contribution in [2.24, 2.45) is 0 Å². The van der Waals surface area contributed by atoms with Crippen molar-refractivity contribution in [1.29, 1.82) is 0 Å². The fourth-order valence-corrected chi connectivity index (χ4v) is 7.40. The summed E-state index contributed by atoms with van der Waals surface area (Å²) in [6, 6.07) is 56.4. The lowest BCUT2D eigenvalue weighted by atomic mass is 9.95. The maximum atomic E-state index is 6.61. The molecule has 7 aromatic carbocycles. The molecule has 3 nitrogen and oxygen atoms in total. The summed E-state index contributed by atoms with van der Waals surface area (Å²) in [5, 5.41) is 8.46. The SMILES string of the molecule is c1ccc(-n2c3ccccc3c3c4cc(-c5ccc(-n6c7ccccc7c7ccccc76)c6ccccc56)ccc4oc32)cc1. The normalized spacial score (nSPS) is 12.0. The molecule has 0 spiro atoms. The second-order valence-corrected chi connectivity index (χ2v) is 11.7. The Labute approximate surface area is 258 Å². The van der Waals surface area contributed by atoms with Gasteiger partial charge in [-0.3, -0.25) is 4.57 Å². The van der Waals surface area contributed by atoms with Crippen LogP contribution in [-0.4, -0.2) is 9.13 Å². The van der Waals surface area contributed by atoms with Crippen LogP contribution < -0.4 is 0 Å². The smallest absolute Gasteiger partial charge is 0.213 e. The maximum absolute atomic E-state index is 6.61. The number of hydrogen-bond acceptors (Lipinski definition) is 1. The minimum atomic E-state index is 0.876. The number of aromatic nitrogens is 2. The number of nitrogens with zero attached hydrogens (tertiary/aromatic N) is 2. The van der Waals surface area contributed by atoms with Crippen LogP contribution in [0.4, 0.5) is 0 Å². The molecule has 0 aliphatic heterocycles. The van der Waals surface area contributed by atoms with E-state index in [1.165, 1.54) is 54.8 Å². The molecule has 0 aliphatic carbocycles. The Morgan fingerprint density at radius 1 is 0.400 bits per heavy atom. The quantitative estimate of drug-likeness (QED) is 0.206. The lowest BCUT2D eigenvalue weighted by Gasteiger charge is -2.15. The molecule has 0 saturated carbocycles. The second kappa shape index (κ2) is 9.22. The van der Waals surface area contributed by atoms with Gasteiger partial charge in [0.05, 0.1) is 27.6 Å². The Hall–Kier alpha value is -6.06. The monoisotopic (exact) mass is 574 g/mol. The topological polar surface area (TPSA) is 23.0 Å². The number of fused-ring (bicyclic) bond motifs is 9. The average molecular weight is 575 g/mol. The van der Waals surface area contributed by atoms with Crippen molar-refractivity contribution in [3.05, 3.63) is 158 Å². The molecule has 0 unspecified atom stereocenters. The third kappa shape index (κ3) is 3.41. The van der Waals surface area contributed by atoms with E-state index < -0.39 is 0 Å². The molecule has 3 heterocycles. The standard InChI is InChI=1S/C42H26N2O/c1-2-12-28(13-3-1)43-38-21-11-8-18-34(38)41-35-26-27(22-25-40(35)45-42(41)43)29-23-24-39(31-15-5-4-14-30(29)31)44-36-19-9-6-16-32(36)33-17-7-10-20-37(33)44/h1-26H. The van der Waals surface area contributed by atoms with Gasteiger partial charge >= 0.3 is 0 Å². The Bertz CT molecular complexity index is 2710. The minimum absolute atomic E-state index is 0.876. The van der Waals surface area contributed by atoms with Crippen LogP contribution in [-0.2, 0) is 0 Å². The van der Waals surface area contributed by atoms with E-state index in [2.05, 4.69) is 161 Å². The van der Waals surface area contributed by atoms with E-state index in [0.29, 0.717) is 0 Å².